The third-order valence-electron chi connectivity index (χ3n) is 2.79. The first-order valence-corrected chi connectivity index (χ1v) is 5.26. The smallest absolute Gasteiger partial charge is 0.237 e. The van der Waals surface area contributed by atoms with Crippen LogP contribution in [0.4, 0.5) is 0 Å². The maximum Gasteiger partial charge on any atom is 0.237 e. The molecule has 0 bridgehead atoms. The number of carbonyl (C=O) groups is 1. The fourth-order valence-electron chi connectivity index (χ4n) is 1.54. The van der Waals surface area contributed by atoms with Gasteiger partial charge in [-0.05, 0) is 31.6 Å². The van der Waals surface area contributed by atoms with Crippen LogP contribution in [0.1, 0.15) is 33.6 Å². The summed E-state index contributed by atoms with van der Waals surface area (Å²) in [5.74, 6) is 0.120. The summed E-state index contributed by atoms with van der Waals surface area (Å²) in [6, 6.07) is 2.29. The van der Waals surface area contributed by atoms with Crippen LogP contribution in [-0.2, 0) is 4.79 Å². The second-order valence-corrected chi connectivity index (χ2v) is 4.49. The zero-order chi connectivity index (χ0) is 10.7. The van der Waals surface area contributed by atoms with E-state index in [1.54, 1.807) is 0 Å². The fraction of sp³-hybridized carbons (Fsp3) is 0.818. The van der Waals surface area contributed by atoms with Crippen LogP contribution in [0, 0.1) is 29.1 Å². The molecule has 1 fully saturated rings. The van der Waals surface area contributed by atoms with E-state index in [1.807, 2.05) is 20.8 Å². The van der Waals surface area contributed by atoms with Crippen molar-refractivity contribution >= 4 is 5.91 Å². The van der Waals surface area contributed by atoms with Gasteiger partial charge in [0.2, 0.25) is 5.91 Å². The quantitative estimate of drug-likeness (QED) is 0.740. The minimum absolute atomic E-state index is 0.0893. The third kappa shape index (κ3) is 2.73. The molecule has 0 aromatic rings. The van der Waals surface area contributed by atoms with Crippen molar-refractivity contribution in [3.05, 3.63) is 0 Å². The van der Waals surface area contributed by atoms with Crippen LogP contribution in [0.25, 0.3) is 0 Å². The normalized spacial score (nSPS) is 19.9. The Morgan fingerprint density at radius 3 is 2.36 bits per heavy atom. The van der Waals surface area contributed by atoms with Crippen LogP contribution < -0.4 is 5.32 Å². The van der Waals surface area contributed by atoms with Crippen LogP contribution in [0.2, 0.25) is 0 Å². The van der Waals surface area contributed by atoms with E-state index in [-0.39, 0.29) is 17.9 Å². The number of amides is 1. The van der Waals surface area contributed by atoms with E-state index in [0.717, 1.165) is 0 Å². The molecule has 1 aliphatic rings. The predicted octanol–water partition coefficient (Wildman–Crippen LogP) is 1.70. The van der Waals surface area contributed by atoms with Crippen molar-refractivity contribution < 1.29 is 4.79 Å². The second-order valence-electron chi connectivity index (χ2n) is 4.49. The van der Waals surface area contributed by atoms with Crippen molar-refractivity contribution in [2.45, 2.75) is 39.7 Å². The largest absolute Gasteiger partial charge is 0.352 e. The lowest BCUT2D eigenvalue weighted by atomic mass is 9.96. The average molecular weight is 194 g/mol. The standard InChI is InChI=1S/C11H18N2O/c1-7(2)10(6-12)11(14)13-8(3)9-4-5-9/h7-10H,4-5H2,1-3H3,(H,13,14). The lowest BCUT2D eigenvalue weighted by Gasteiger charge is -2.17. The van der Waals surface area contributed by atoms with Gasteiger partial charge in [-0.15, -0.1) is 0 Å². The lowest BCUT2D eigenvalue weighted by molar-refractivity contribution is -0.125. The Balaban J connectivity index is 2.43. The van der Waals surface area contributed by atoms with Gasteiger partial charge in [-0.2, -0.15) is 5.26 Å². The lowest BCUT2D eigenvalue weighted by Crippen LogP contribution is -2.39. The number of nitrogens with zero attached hydrogens (tertiary/aromatic N) is 1. The zero-order valence-corrected chi connectivity index (χ0v) is 9.08. The molecule has 2 atom stereocenters. The summed E-state index contributed by atoms with van der Waals surface area (Å²) in [4.78, 5) is 11.6. The second kappa shape index (κ2) is 4.45. The number of nitrogens with one attached hydrogen (secondary N) is 1. The van der Waals surface area contributed by atoms with Crippen molar-refractivity contribution in [3.63, 3.8) is 0 Å². The molecule has 0 spiro atoms. The fourth-order valence-corrected chi connectivity index (χ4v) is 1.54. The van der Waals surface area contributed by atoms with E-state index in [9.17, 15) is 4.79 Å². The van der Waals surface area contributed by atoms with E-state index in [1.165, 1.54) is 12.8 Å². The van der Waals surface area contributed by atoms with Gasteiger partial charge in [-0.3, -0.25) is 4.79 Å². The molecular formula is C11H18N2O. The van der Waals surface area contributed by atoms with E-state index in [0.29, 0.717) is 5.92 Å². The Morgan fingerprint density at radius 2 is 2.00 bits per heavy atom. The summed E-state index contributed by atoms with van der Waals surface area (Å²) in [7, 11) is 0. The maximum absolute atomic E-state index is 11.6. The molecule has 3 nitrogen and oxygen atoms in total. The van der Waals surface area contributed by atoms with Crippen LogP contribution in [0.3, 0.4) is 0 Å². The van der Waals surface area contributed by atoms with Gasteiger partial charge < -0.3 is 5.32 Å². The highest BCUT2D eigenvalue weighted by atomic mass is 16.1. The summed E-state index contributed by atoms with van der Waals surface area (Å²) in [6.45, 7) is 5.81. The van der Waals surface area contributed by atoms with Gasteiger partial charge in [0, 0.05) is 6.04 Å². The number of nitriles is 1. The highest BCUT2D eigenvalue weighted by Gasteiger charge is 2.31. The van der Waals surface area contributed by atoms with Crippen LogP contribution in [-0.4, -0.2) is 11.9 Å². The van der Waals surface area contributed by atoms with Gasteiger partial charge in [-0.1, -0.05) is 13.8 Å². The summed E-state index contributed by atoms with van der Waals surface area (Å²) < 4.78 is 0. The first-order valence-electron chi connectivity index (χ1n) is 5.26. The molecule has 0 aromatic heterocycles. The van der Waals surface area contributed by atoms with Crippen molar-refractivity contribution in [3.8, 4) is 6.07 Å². The molecule has 0 aliphatic heterocycles. The number of hydrogen-bond donors (Lipinski definition) is 1. The molecule has 2 unspecified atom stereocenters. The van der Waals surface area contributed by atoms with Gasteiger partial charge >= 0.3 is 0 Å². The Hall–Kier alpha value is -1.04. The Kier molecular flexibility index (Phi) is 3.51. The van der Waals surface area contributed by atoms with E-state index in [4.69, 9.17) is 5.26 Å². The molecule has 1 saturated carbocycles. The molecule has 0 heterocycles. The molecule has 0 saturated heterocycles. The molecule has 0 radical (unpaired) electrons. The van der Waals surface area contributed by atoms with Gasteiger partial charge in [-0.25, -0.2) is 0 Å². The van der Waals surface area contributed by atoms with E-state index >= 15 is 0 Å². The predicted molar refractivity (Wildman–Crippen MR) is 54.3 cm³/mol. The van der Waals surface area contributed by atoms with E-state index < -0.39 is 5.92 Å². The Labute approximate surface area is 85.5 Å². The molecule has 0 aromatic carbocycles. The minimum atomic E-state index is -0.504. The molecule has 1 N–H and O–H groups in total. The van der Waals surface area contributed by atoms with E-state index in [2.05, 4.69) is 11.4 Å². The Bertz CT molecular complexity index is 251. The molecule has 1 amide bonds. The first kappa shape index (κ1) is 11.0. The van der Waals surface area contributed by atoms with Crippen LogP contribution in [0.15, 0.2) is 0 Å². The topological polar surface area (TPSA) is 52.9 Å². The highest BCUT2D eigenvalue weighted by molar-refractivity contribution is 5.81. The molecule has 3 heteroatoms. The van der Waals surface area contributed by atoms with Crippen molar-refractivity contribution in [1.82, 2.24) is 5.32 Å². The van der Waals surface area contributed by atoms with Gasteiger partial charge in [0.1, 0.15) is 5.92 Å². The van der Waals surface area contributed by atoms with Gasteiger partial charge in [0.05, 0.1) is 6.07 Å². The molecular weight excluding hydrogens is 176 g/mol. The first-order chi connectivity index (χ1) is 6.56. The summed E-state index contributed by atoms with van der Waals surface area (Å²) in [5, 5.41) is 11.7. The van der Waals surface area contributed by atoms with Gasteiger partial charge in [0.25, 0.3) is 0 Å². The highest BCUT2D eigenvalue weighted by Crippen LogP contribution is 2.32. The number of hydrogen-bond acceptors (Lipinski definition) is 2. The Morgan fingerprint density at radius 1 is 1.43 bits per heavy atom. The average Bonchev–Trinajstić information content (AvgIpc) is 2.85. The molecule has 78 valence electrons. The van der Waals surface area contributed by atoms with Crippen LogP contribution in [0.5, 0.6) is 0 Å². The van der Waals surface area contributed by atoms with Crippen molar-refractivity contribution in [1.29, 1.82) is 5.26 Å². The zero-order valence-electron chi connectivity index (χ0n) is 9.08. The number of carbonyl (C=O) groups excluding carboxylic acids is 1. The summed E-state index contributed by atoms with van der Waals surface area (Å²) in [6.07, 6.45) is 2.42. The summed E-state index contributed by atoms with van der Waals surface area (Å²) >= 11 is 0. The maximum atomic E-state index is 11.6. The molecule has 1 aliphatic carbocycles. The monoisotopic (exact) mass is 194 g/mol. The van der Waals surface area contributed by atoms with Gasteiger partial charge in [0.15, 0.2) is 0 Å². The number of rotatable bonds is 4. The third-order valence-corrected chi connectivity index (χ3v) is 2.79. The van der Waals surface area contributed by atoms with Crippen molar-refractivity contribution in [2.24, 2.45) is 17.8 Å². The molecule has 14 heavy (non-hydrogen) atoms. The summed E-state index contributed by atoms with van der Waals surface area (Å²) in [5.41, 5.74) is 0. The molecule has 1 rings (SSSR count). The minimum Gasteiger partial charge on any atom is -0.352 e. The SMILES string of the molecule is CC(C)C(C#N)C(=O)NC(C)C1CC1. The van der Waals surface area contributed by atoms with Crippen LogP contribution >= 0.6 is 0 Å². The van der Waals surface area contributed by atoms with Crippen molar-refractivity contribution in [2.75, 3.05) is 0 Å².